The Hall–Kier alpha value is -2.28. The van der Waals surface area contributed by atoms with Crippen molar-refractivity contribution in [3.63, 3.8) is 0 Å². The SMILES string of the molecule is CCCCn1c(SCc2nnc(-c3ccc(OC)cc3)o2)nc(C)c1C. The number of rotatable bonds is 8. The predicted molar refractivity (Wildman–Crippen MR) is 102 cm³/mol. The van der Waals surface area contributed by atoms with Crippen LogP contribution in [0.15, 0.2) is 33.8 Å². The molecular formula is C19H24N4O2S. The Labute approximate surface area is 158 Å². The Kier molecular flexibility index (Phi) is 5.98. The minimum Gasteiger partial charge on any atom is -0.497 e. The predicted octanol–water partition coefficient (Wildman–Crippen LogP) is 4.65. The summed E-state index contributed by atoms with van der Waals surface area (Å²) in [5, 5.41) is 9.33. The van der Waals surface area contributed by atoms with Crippen LogP contribution in [0.1, 0.15) is 37.0 Å². The Morgan fingerprint density at radius 1 is 1.15 bits per heavy atom. The lowest BCUT2D eigenvalue weighted by Crippen LogP contribution is -2.02. The van der Waals surface area contributed by atoms with Gasteiger partial charge in [-0.2, -0.15) is 0 Å². The fraction of sp³-hybridized carbons (Fsp3) is 0.421. The third-order valence-corrected chi connectivity index (χ3v) is 5.25. The van der Waals surface area contributed by atoms with Crippen LogP contribution in [0.4, 0.5) is 0 Å². The van der Waals surface area contributed by atoms with Gasteiger partial charge in [0.05, 0.1) is 18.6 Å². The molecule has 1 aromatic carbocycles. The van der Waals surface area contributed by atoms with E-state index in [0.717, 1.165) is 41.5 Å². The molecule has 6 nitrogen and oxygen atoms in total. The van der Waals surface area contributed by atoms with Crippen LogP contribution in [0, 0.1) is 13.8 Å². The van der Waals surface area contributed by atoms with Crippen molar-refractivity contribution in [2.75, 3.05) is 7.11 Å². The van der Waals surface area contributed by atoms with Crippen molar-refractivity contribution in [2.45, 2.75) is 51.1 Å². The number of aromatic nitrogens is 4. The highest BCUT2D eigenvalue weighted by Gasteiger charge is 2.14. The summed E-state index contributed by atoms with van der Waals surface area (Å²) in [5.41, 5.74) is 3.18. The van der Waals surface area contributed by atoms with E-state index in [2.05, 4.69) is 40.5 Å². The highest BCUT2D eigenvalue weighted by atomic mass is 32.2. The van der Waals surface area contributed by atoms with Crippen LogP contribution < -0.4 is 4.74 Å². The quantitative estimate of drug-likeness (QED) is 0.536. The lowest BCUT2D eigenvalue weighted by Gasteiger charge is -2.08. The molecular weight excluding hydrogens is 348 g/mol. The monoisotopic (exact) mass is 372 g/mol. The fourth-order valence-electron chi connectivity index (χ4n) is 2.60. The first-order chi connectivity index (χ1) is 12.6. The molecule has 0 fully saturated rings. The molecule has 138 valence electrons. The molecule has 0 N–H and O–H groups in total. The van der Waals surface area contributed by atoms with Crippen LogP contribution in [0.25, 0.3) is 11.5 Å². The van der Waals surface area contributed by atoms with Crippen LogP contribution in [0.3, 0.4) is 0 Å². The van der Waals surface area contributed by atoms with Gasteiger partial charge in [-0.3, -0.25) is 0 Å². The summed E-state index contributed by atoms with van der Waals surface area (Å²) in [6.07, 6.45) is 2.31. The zero-order valence-corrected chi connectivity index (χ0v) is 16.5. The molecule has 3 aromatic rings. The Bertz CT molecular complexity index is 855. The summed E-state index contributed by atoms with van der Waals surface area (Å²) in [6.45, 7) is 7.37. The van der Waals surface area contributed by atoms with Gasteiger partial charge in [0.25, 0.3) is 0 Å². The van der Waals surface area contributed by atoms with Crippen molar-refractivity contribution in [1.29, 1.82) is 0 Å². The van der Waals surface area contributed by atoms with E-state index in [9.17, 15) is 0 Å². The first-order valence-electron chi connectivity index (χ1n) is 8.75. The van der Waals surface area contributed by atoms with Gasteiger partial charge in [0.2, 0.25) is 11.8 Å². The Morgan fingerprint density at radius 2 is 1.92 bits per heavy atom. The average Bonchev–Trinajstić information content (AvgIpc) is 3.24. The van der Waals surface area contributed by atoms with Gasteiger partial charge in [-0.1, -0.05) is 25.1 Å². The average molecular weight is 372 g/mol. The molecule has 2 aromatic heterocycles. The number of imidazole rings is 1. The third-order valence-electron chi connectivity index (χ3n) is 4.29. The number of thioether (sulfide) groups is 1. The number of hydrogen-bond acceptors (Lipinski definition) is 6. The Balaban J connectivity index is 1.69. The zero-order valence-electron chi connectivity index (χ0n) is 15.7. The van der Waals surface area contributed by atoms with Gasteiger partial charge < -0.3 is 13.7 Å². The topological polar surface area (TPSA) is 66.0 Å². The number of aryl methyl sites for hydroxylation is 1. The second kappa shape index (κ2) is 8.40. The molecule has 3 rings (SSSR count). The largest absolute Gasteiger partial charge is 0.497 e. The molecule has 0 atom stereocenters. The van der Waals surface area contributed by atoms with E-state index >= 15 is 0 Å². The first kappa shape index (κ1) is 18.5. The van der Waals surface area contributed by atoms with E-state index in [-0.39, 0.29) is 0 Å². The van der Waals surface area contributed by atoms with Gasteiger partial charge in [-0.25, -0.2) is 4.98 Å². The van der Waals surface area contributed by atoms with E-state index in [1.807, 2.05) is 24.3 Å². The molecule has 0 aliphatic heterocycles. The molecule has 2 heterocycles. The number of benzene rings is 1. The van der Waals surface area contributed by atoms with Crippen LogP contribution in [-0.2, 0) is 12.3 Å². The highest BCUT2D eigenvalue weighted by Crippen LogP contribution is 2.27. The molecule has 0 aliphatic rings. The van der Waals surface area contributed by atoms with Gasteiger partial charge >= 0.3 is 0 Å². The van der Waals surface area contributed by atoms with E-state index in [0.29, 0.717) is 17.5 Å². The van der Waals surface area contributed by atoms with Crippen molar-refractivity contribution in [3.8, 4) is 17.2 Å². The second-order valence-electron chi connectivity index (χ2n) is 6.09. The summed E-state index contributed by atoms with van der Waals surface area (Å²) in [6, 6.07) is 7.58. The Morgan fingerprint density at radius 3 is 2.62 bits per heavy atom. The fourth-order valence-corrected chi connectivity index (χ4v) is 3.56. The first-order valence-corrected chi connectivity index (χ1v) is 9.74. The number of unbranched alkanes of at least 4 members (excludes halogenated alkanes) is 1. The smallest absolute Gasteiger partial charge is 0.247 e. The van der Waals surface area contributed by atoms with Gasteiger partial charge in [0.15, 0.2) is 5.16 Å². The molecule has 0 unspecified atom stereocenters. The van der Waals surface area contributed by atoms with Crippen molar-refractivity contribution in [3.05, 3.63) is 41.5 Å². The molecule has 0 saturated heterocycles. The van der Waals surface area contributed by atoms with Crippen LogP contribution in [-0.4, -0.2) is 26.9 Å². The van der Waals surface area contributed by atoms with Crippen molar-refractivity contribution in [2.24, 2.45) is 0 Å². The standard InChI is InChI=1S/C19H24N4O2S/c1-5-6-11-23-14(3)13(2)20-19(23)26-12-17-21-22-18(25-17)15-7-9-16(24-4)10-8-15/h7-10H,5-6,11-12H2,1-4H3. The molecule has 0 amide bonds. The number of nitrogens with zero attached hydrogens (tertiary/aromatic N) is 4. The van der Waals surface area contributed by atoms with Crippen molar-refractivity contribution in [1.82, 2.24) is 19.7 Å². The number of hydrogen-bond donors (Lipinski definition) is 0. The number of ether oxygens (including phenoxy) is 1. The molecule has 7 heteroatoms. The zero-order chi connectivity index (χ0) is 18.5. The molecule has 0 aliphatic carbocycles. The summed E-state index contributed by atoms with van der Waals surface area (Å²) in [4.78, 5) is 4.68. The summed E-state index contributed by atoms with van der Waals surface area (Å²) >= 11 is 1.64. The van der Waals surface area contributed by atoms with Crippen molar-refractivity contribution < 1.29 is 9.15 Å². The van der Waals surface area contributed by atoms with E-state index in [1.54, 1.807) is 18.9 Å². The second-order valence-corrected chi connectivity index (χ2v) is 7.03. The summed E-state index contributed by atoms with van der Waals surface area (Å²) in [5.74, 6) is 2.52. The maximum absolute atomic E-state index is 5.80. The lowest BCUT2D eigenvalue weighted by molar-refractivity contribution is 0.415. The molecule has 0 saturated carbocycles. The highest BCUT2D eigenvalue weighted by molar-refractivity contribution is 7.98. The van der Waals surface area contributed by atoms with Gasteiger partial charge in [-0.15, -0.1) is 10.2 Å². The molecule has 26 heavy (non-hydrogen) atoms. The van der Waals surface area contributed by atoms with E-state index in [4.69, 9.17) is 9.15 Å². The molecule has 0 bridgehead atoms. The maximum atomic E-state index is 5.80. The summed E-state index contributed by atoms with van der Waals surface area (Å²) < 4.78 is 13.3. The van der Waals surface area contributed by atoms with Crippen molar-refractivity contribution >= 4 is 11.8 Å². The minimum absolute atomic E-state index is 0.518. The number of methoxy groups -OCH3 is 1. The molecule has 0 radical (unpaired) electrons. The maximum Gasteiger partial charge on any atom is 0.247 e. The van der Waals surface area contributed by atoms with Crippen LogP contribution in [0.5, 0.6) is 5.75 Å². The van der Waals surface area contributed by atoms with Crippen LogP contribution >= 0.6 is 11.8 Å². The van der Waals surface area contributed by atoms with E-state index < -0.39 is 0 Å². The summed E-state index contributed by atoms with van der Waals surface area (Å²) in [7, 11) is 1.64. The molecule has 0 spiro atoms. The van der Waals surface area contributed by atoms with Gasteiger partial charge in [0.1, 0.15) is 5.75 Å². The normalized spacial score (nSPS) is 11.1. The minimum atomic E-state index is 0.518. The van der Waals surface area contributed by atoms with Gasteiger partial charge in [0, 0.05) is 17.8 Å². The van der Waals surface area contributed by atoms with Gasteiger partial charge in [-0.05, 0) is 44.5 Å². The lowest BCUT2D eigenvalue weighted by atomic mass is 10.2. The van der Waals surface area contributed by atoms with E-state index in [1.165, 1.54) is 5.69 Å². The third kappa shape index (κ3) is 4.09. The van der Waals surface area contributed by atoms with Crippen LogP contribution in [0.2, 0.25) is 0 Å².